The molecule has 156 valence electrons. The average molecular weight is 428 g/mol. The lowest BCUT2D eigenvalue weighted by Gasteiger charge is -2.07. The van der Waals surface area contributed by atoms with Crippen molar-refractivity contribution < 1.29 is 17.4 Å². The summed E-state index contributed by atoms with van der Waals surface area (Å²) in [4.78, 5) is 16.5. The lowest BCUT2D eigenvalue weighted by Crippen LogP contribution is -2.23. The van der Waals surface area contributed by atoms with Gasteiger partial charge in [-0.05, 0) is 24.6 Å². The third-order valence-electron chi connectivity index (χ3n) is 4.65. The number of oxazole rings is 1. The molecule has 2 aromatic heterocycles. The molecule has 0 spiro atoms. The standard InChI is InChI=1S/C20H20N4O5S/c1-3-19-22-18(23-29-19)12-24-16-9-8-15(10-17(16)28-20(24)25)30(26,27)21-11-14-6-4-13(2)5-7-14/h4-10,21H,3,11-12H2,1-2H3. The SMILES string of the molecule is CCc1nc(Cn2c(=O)oc3cc(S(=O)(=O)NCc4ccc(C)cc4)ccc32)no1. The molecule has 10 heteroatoms. The van der Waals surface area contributed by atoms with Gasteiger partial charge in [0, 0.05) is 19.0 Å². The van der Waals surface area contributed by atoms with Gasteiger partial charge in [0.1, 0.15) is 0 Å². The molecule has 0 aliphatic carbocycles. The fourth-order valence-corrected chi connectivity index (χ4v) is 4.00. The minimum Gasteiger partial charge on any atom is -0.408 e. The first kappa shape index (κ1) is 20.0. The number of rotatable bonds is 7. The second kappa shape index (κ2) is 7.88. The van der Waals surface area contributed by atoms with Gasteiger partial charge in [0.05, 0.1) is 17.0 Å². The van der Waals surface area contributed by atoms with Crippen molar-refractivity contribution in [3.05, 3.63) is 75.9 Å². The van der Waals surface area contributed by atoms with Gasteiger partial charge in [-0.1, -0.05) is 41.9 Å². The van der Waals surface area contributed by atoms with Gasteiger partial charge in [-0.3, -0.25) is 4.57 Å². The fraction of sp³-hybridized carbons (Fsp3) is 0.250. The minimum absolute atomic E-state index is 0.0100. The summed E-state index contributed by atoms with van der Waals surface area (Å²) in [7, 11) is -3.78. The Morgan fingerprint density at radius 3 is 2.60 bits per heavy atom. The molecule has 0 bridgehead atoms. The van der Waals surface area contributed by atoms with Crippen molar-refractivity contribution in [3.8, 4) is 0 Å². The van der Waals surface area contributed by atoms with E-state index in [2.05, 4.69) is 14.9 Å². The van der Waals surface area contributed by atoms with Crippen LogP contribution in [0.4, 0.5) is 0 Å². The van der Waals surface area contributed by atoms with Crippen molar-refractivity contribution in [2.45, 2.75) is 38.3 Å². The first-order chi connectivity index (χ1) is 14.4. The first-order valence-corrected chi connectivity index (χ1v) is 10.8. The van der Waals surface area contributed by atoms with Gasteiger partial charge < -0.3 is 8.94 Å². The van der Waals surface area contributed by atoms with E-state index in [1.54, 1.807) is 0 Å². The minimum atomic E-state index is -3.78. The van der Waals surface area contributed by atoms with Crippen LogP contribution < -0.4 is 10.5 Å². The summed E-state index contributed by atoms with van der Waals surface area (Å²) in [5.41, 5.74) is 2.55. The van der Waals surface area contributed by atoms with Crippen LogP contribution in [0, 0.1) is 6.92 Å². The Labute approximate surface area is 172 Å². The number of hydrogen-bond donors (Lipinski definition) is 1. The van der Waals surface area contributed by atoms with Crippen LogP contribution in [-0.2, 0) is 29.5 Å². The van der Waals surface area contributed by atoms with E-state index in [-0.39, 0.29) is 23.6 Å². The molecule has 9 nitrogen and oxygen atoms in total. The third kappa shape index (κ3) is 4.05. The lowest BCUT2D eigenvalue weighted by atomic mass is 10.2. The van der Waals surface area contributed by atoms with Crippen LogP contribution in [0.25, 0.3) is 11.1 Å². The fourth-order valence-electron chi connectivity index (χ4n) is 2.97. The van der Waals surface area contributed by atoms with Gasteiger partial charge in [-0.2, -0.15) is 4.98 Å². The van der Waals surface area contributed by atoms with E-state index < -0.39 is 15.8 Å². The van der Waals surface area contributed by atoms with Gasteiger partial charge in [-0.15, -0.1) is 0 Å². The summed E-state index contributed by atoms with van der Waals surface area (Å²) in [6.07, 6.45) is 0.588. The molecule has 2 heterocycles. The second-order valence-corrected chi connectivity index (χ2v) is 8.62. The van der Waals surface area contributed by atoms with E-state index in [1.165, 1.54) is 22.8 Å². The van der Waals surface area contributed by atoms with Crippen LogP contribution in [0.2, 0.25) is 0 Å². The van der Waals surface area contributed by atoms with Crippen LogP contribution in [0.5, 0.6) is 0 Å². The van der Waals surface area contributed by atoms with E-state index in [9.17, 15) is 13.2 Å². The number of hydrogen-bond acceptors (Lipinski definition) is 7. The maximum atomic E-state index is 12.7. The Hall–Kier alpha value is -3.24. The molecule has 0 aliphatic heterocycles. The molecule has 1 N–H and O–H groups in total. The quantitative estimate of drug-likeness (QED) is 0.480. The predicted octanol–water partition coefficient (Wildman–Crippen LogP) is 2.38. The summed E-state index contributed by atoms with van der Waals surface area (Å²) < 4.78 is 39.5. The number of benzene rings is 2. The van der Waals surface area contributed by atoms with Crippen molar-refractivity contribution in [2.24, 2.45) is 0 Å². The van der Waals surface area contributed by atoms with Gasteiger partial charge in [0.25, 0.3) is 0 Å². The Balaban J connectivity index is 1.58. The first-order valence-electron chi connectivity index (χ1n) is 9.36. The largest absolute Gasteiger partial charge is 0.420 e. The van der Waals surface area contributed by atoms with Gasteiger partial charge in [-0.25, -0.2) is 17.9 Å². The highest BCUT2D eigenvalue weighted by atomic mass is 32.2. The Morgan fingerprint density at radius 1 is 1.13 bits per heavy atom. The molecule has 0 radical (unpaired) electrons. The number of sulfonamides is 1. The zero-order chi connectivity index (χ0) is 21.3. The monoisotopic (exact) mass is 428 g/mol. The van der Waals surface area contributed by atoms with Crippen LogP contribution in [0.3, 0.4) is 0 Å². The molecule has 0 aliphatic rings. The smallest absolute Gasteiger partial charge is 0.408 e. The van der Waals surface area contributed by atoms with Gasteiger partial charge in [0.2, 0.25) is 15.9 Å². The normalized spacial score (nSPS) is 11.9. The molecule has 0 fully saturated rings. The summed E-state index contributed by atoms with van der Waals surface area (Å²) >= 11 is 0. The zero-order valence-corrected chi connectivity index (χ0v) is 17.3. The average Bonchev–Trinajstić information content (AvgIpc) is 3.31. The number of aryl methyl sites for hydroxylation is 2. The molecular formula is C20H20N4O5S. The zero-order valence-electron chi connectivity index (χ0n) is 16.5. The van der Waals surface area contributed by atoms with E-state index in [1.807, 2.05) is 38.1 Å². The van der Waals surface area contributed by atoms with Crippen LogP contribution in [-0.4, -0.2) is 23.1 Å². The molecule has 0 unspecified atom stereocenters. The molecule has 0 atom stereocenters. The second-order valence-electron chi connectivity index (χ2n) is 6.85. The summed E-state index contributed by atoms with van der Waals surface area (Å²) in [6.45, 7) is 4.06. The molecule has 0 amide bonds. The van der Waals surface area contributed by atoms with Gasteiger partial charge in [0.15, 0.2) is 11.4 Å². The number of nitrogens with one attached hydrogen (secondary N) is 1. The number of nitrogens with zero attached hydrogens (tertiary/aromatic N) is 3. The molecule has 0 saturated carbocycles. The molecule has 0 saturated heterocycles. The van der Waals surface area contributed by atoms with Crippen LogP contribution >= 0.6 is 0 Å². The van der Waals surface area contributed by atoms with Crippen LogP contribution in [0.1, 0.15) is 29.8 Å². The number of fused-ring (bicyclic) bond motifs is 1. The molecule has 30 heavy (non-hydrogen) atoms. The van der Waals surface area contributed by atoms with Crippen molar-refractivity contribution in [1.29, 1.82) is 0 Å². The van der Waals surface area contributed by atoms with E-state index >= 15 is 0 Å². The Morgan fingerprint density at radius 2 is 1.90 bits per heavy atom. The van der Waals surface area contributed by atoms with E-state index in [0.29, 0.717) is 23.7 Å². The third-order valence-corrected chi connectivity index (χ3v) is 6.05. The van der Waals surface area contributed by atoms with Gasteiger partial charge >= 0.3 is 5.76 Å². The summed E-state index contributed by atoms with van der Waals surface area (Å²) in [5.74, 6) is 0.182. The van der Waals surface area contributed by atoms with Crippen LogP contribution in [0.15, 0.2) is 61.1 Å². The number of aromatic nitrogens is 3. The molecule has 2 aromatic carbocycles. The lowest BCUT2D eigenvalue weighted by molar-refractivity contribution is 0.375. The molecule has 4 rings (SSSR count). The summed E-state index contributed by atoms with van der Waals surface area (Å²) in [6, 6.07) is 11.9. The van der Waals surface area contributed by atoms with E-state index in [0.717, 1.165) is 11.1 Å². The highest BCUT2D eigenvalue weighted by molar-refractivity contribution is 7.89. The predicted molar refractivity (Wildman–Crippen MR) is 108 cm³/mol. The van der Waals surface area contributed by atoms with Crippen molar-refractivity contribution in [1.82, 2.24) is 19.4 Å². The molecular weight excluding hydrogens is 408 g/mol. The Kier molecular flexibility index (Phi) is 5.27. The van der Waals surface area contributed by atoms with Crippen molar-refractivity contribution >= 4 is 21.1 Å². The van der Waals surface area contributed by atoms with Crippen molar-refractivity contribution in [2.75, 3.05) is 0 Å². The topological polar surface area (TPSA) is 120 Å². The maximum absolute atomic E-state index is 12.7. The molecule has 4 aromatic rings. The summed E-state index contributed by atoms with van der Waals surface area (Å²) in [5, 5.41) is 3.83. The van der Waals surface area contributed by atoms with E-state index in [4.69, 9.17) is 8.94 Å². The highest BCUT2D eigenvalue weighted by Crippen LogP contribution is 2.19. The maximum Gasteiger partial charge on any atom is 0.420 e. The highest BCUT2D eigenvalue weighted by Gasteiger charge is 2.18. The Bertz CT molecular complexity index is 1350. The van der Waals surface area contributed by atoms with Crippen molar-refractivity contribution in [3.63, 3.8) is 0 Å².